The van der Waals surface area contributed by atoms with Crippen LogP contribution in [0.1, 0.15) is 20.7 Å². The third kappa shape index (κ3) is 2.41. The summed E-state index contributed by atoms with van der Waals surface area (Å²) in [7, 11) is 0. The number of hydrogen-bond acceptors (Lipinski definition) is 3. The Kier molecular flexibility index (Phi) is 3.21. The summed E-state index contributed by atoms with van der Waals surface area (Å²) in [6.45, 7) is 0. The van der Waals surface area contributed by atoms with E-state index in [0.29, 0.717) is 4.47 Å². The van der Waals surface area contributed by atoms with E-state index in [0.717, 1.165) is 6.07 Å². The van der Waals surface area contributed by atoms with E-state index in [1.165, 1.54) is 12.1 Å². The zero-order valence-corrected chi connectivity index (χ0v) is 8.82. The highest BCUT2D eigenvalue weighted by Crippen LogP contribution is 2.17. The Morgan fingerprint density at radius 3 is 2.13 bits per heavy atom. The molecule has 0 aliphatic rings. The van der Waals surface area contributed by atoms with Gasteiger partial charge in [0.1, 0.15) is 0 Å². The summed E-state index contributed by atoms with van der Waals surface area (Å²) in [5.74, 6) is -4.26. The van der Waals surface area contributed by atoms with E-state index >= 15 is 0 Å². The standard InChI is InChI=1S/C9H5BrO5/c10-4-1-2-5(7(11)9(14)15)6(3-4)8(12)13/h1-3H,(H,12,13)(H,14,15). The van der Waals surface area contributed by atoms with Crippen molar-refractivity contribution in [2.75, 3.05) is 0 Å². The minimum absolute atomic E-state index is 0.335. The molecular weight excluding hydrogens is 268 g/mol. The summed E-state index contributed by atoms with van der Waals surface area (Å²) in [4.78, 5) is 32.2. The molecule has 1 rings (SSSR count). The summed E-state index contributed by atoms with van der Waals surface area (Å²) in [6, 6.07) is 3.74. The maximum absolute atomic E-state index is 11.1. The first-order chi connectivity index (χ1) is 6.93. The van der Waals surface area contributed by atoms with Crippen molar-refractivity contribution in [3.63, 3.8) is 0 Å². The second kappa shape index (κ2) is 4.22. The van der Waals surface area contributed by atoms with Crippen LogP contribution in [-0.2, 0) is 4.79 Å². The second-order valence-electron chi connectivity index (χ2n) is 2.63. The molecule has 2 N–H and O–H groups in total. The van der Waals surface area contributed by atoms with Crippen molar-refractivity contribution in [1.29, 1.82) is 0 Å². The molecule has 15 heavy (non-hydrogen) atoms. The van der Waals surface area contributed by atoms with E-state index in [4.69, 9.17) is 10.2 Å². The molecule has 5 nitrogen and oxygen atoms in total. The van der Waals surface area contributed by atoms with Crippen LogP contribution in [0.25, 0.3) is 0 Å². The number of rotatable bonds is 3. The molecule has 0 radical (unpaired) electrons. The number of aliphatic carboxylic acids is 1. The van der Waals surface area contributed by atoms with E-state index in [1.54, 1.807) is 0 Å². The van der Waals surface area contributed by atoms with Gasteiger partial charge in [-0.3, -0.25) is 4.79 Å². The van der Waals surface area contributed by atoms with E-state index in [2.05, 4.69) is 15.9 Å². The fraction of sp³-hybridized carbons (Fsp3) is 0. The van der Waals surface area contributed by atoms with Gasteiger partial charge >= 0.3 is 11.9 Å². The molecule has 0 fully saturated rings. The van der Waals surface area contributed by atoms with E-state index < -0.39 is 17.7 Å². The number of hydrogen-bond donors (Lipinski definition) is 2. The van der Waals surface area contributed by atoms with Crippen molar-refractivity contribution in [2.45, 2.75) is 0 Å². The van der Waals surface area contributed by atoms with E-state index in [1.807, 2.05) is 0 Å². The van der Waals surface area contributed by atoms with Gasteiger partial charge in [-0.1, -0.05) is 15.9 Å². The molecule has 0 spiro atoms. The summed E-state index contributed by atoms with van der Waals surface area (Å²) in [5.41, 5.74) is -0.671. The number of ketones is 1. The molecule has 1 aromatic carbocycles. The fourth-order valence-corrected chi connectivity index (χ4v) is 1.37. The maximum atomic E-state index is 11.1. The van der Waals surface area contributed by atoms with Crippen LogP contribution in [0.3, 0.4) is 0 Å². The Labute approximate surface area is 92.5 Å². The number of halogens is 1. The molecule has 0 aliphatic carbocycles. The lowest BCUT2D eigenvalue weighted by Gasteiger charge is -2.02. The Bertz CT molecular complexity index is 452. The molecule has 0 heterocycles. The van der Waals surface area contributed by atoms with Gasteiger partial charge in [0.15, 0.2) is 0 Å². The minimum atomic E-state index is -1.68. The molecule has 0 aliphatic heterocycles. The molecule has 0 atom stereocenters. The van der Waals surface area contributed by atoms with Gasteiger partial charge in [0, 0.05) is 10.0 Å². The Balaban J connectivity index is 3.35. The Hall–Kier alpha value is -1.69. The van der Waals surface area contributed by atoms with Crippen LogP contribution in [0, 0.1) is 0 Å². The molecule has 78 valence electrons. The highest BCUT2D eigenvalue weighted by Gasteiger charge is 2.21. The van der Waals surface area contributed by atoms with Crippen molar-refractivity contribution in [1.82, 2.24) is 0 Å². The number of carboxylic acids is 2. The molecule has 0 aromatic heterocycles. The van der Waals surface area contributed by atoms with Gasteiger partial charge in [-0.05, 0) is 18.2 Å². The maximum Gasteiger partial charge on any atom is 0.377 e. The lowest BCUT2D eigenvalue weighted by atomic mass is 10.0. The van der Waals surface area contributed by atoms with Gasteiger partial charge in [-0.25, -0.2) is 9.59 Å². The van der Waals surface area contributed by atoms with Gasteiger partial charge < -0.3 is 10.2 Å². The van der Waals surface area contributed by atoms with Crippen LogP contribution in [-0.4, -0.2) is 27.9 Å². The smallest absolute Gasteiger partial charge is 0.377 e. The average molecular weight is 273 g/mol. The van der Waals surface area contributed by atoms with Crippen LogP contribution in [0.5, 0.6) is 0 Å². The summed E-state index contributed by atoms with van der Waals surface area (Å²) in [6.07, 6.45) is 0. The first kappa shape index (κ1) is 11.4. The Morgan fingerprint density at radius 1 is 1.07 bits per heavy atom. The number of aromatic carboxylic acids is 1. The van der Waals surface area contributed by atoms with Crippen molar-refractivity contribution in [2.24, 2.45) is 0 Å². The monoisotopic (exact) mass is 272 g/mol. The quantitative estimate of drug-likeness (QED) is 0.641. The normalized spacial score (nSPS) is 9.67. The average Bonchev–Trinajstić information content (AvgIpc) is 2.16. The van der Waals surface area contributed by atoms with Crippen molar-refractivity contribution < 1.29 is 24.6 Å². The lowest BCUT2D eigenvalue weighted by Crippen LogP contribution is -2.16. The van der Waals surface area contributed by atoms with Crippen LogP contribution < -0.4 is 0 Å². The lowest BCUT2D eigenvalue weighted by molar-refractivity contribution is -0.131. The summed E-state index contributed by atoms with van der Waals surface area (Å²) in [5, 5.41) is 17.2. The highest BCUT2D eigenvalue weighted by atomic mass is 79.9. The number of carbonyl (C=O) groups excluding carboxylic acids is 1. The highest BCUT2D eigenvalue weighted by molar-refractivity contribution is 9.10. The van der Waals surface area contributed by atoms with Gasteiger partial charge in [-0.2, -0.15) is 0 Å². The number of carbonyl (C=O) groups is 3. The third-order valence-electron chi connectivity index (χ3n) is 1.65. The summed E-state index contributed by atoms with van der Waals surface area (Å²) >= 11 is 3.03. The van der Waals surface area contributed by atoms with Gasteiger partial charge in [0.05, 0.1) is 5.56 Å². The van der Waals surface area contributed by atoms with E-state index in [9.17, 15) is 14.4 Å². The molecule has 0 unspecified atom stereocenters. The predicted octanol–water partition coefficient (Wildman–Crippen LogP) is 1.41. The third-order valence-corrected chi connectivity index (χ3v) is 2.14. The van der Waals surface area contributed by atoms with Gasteiger partial charge in [0.2, 0.25) is 0 Å². The largest absolute Gasteiger partial charge is 0.478 e. The van der Waals surface area contributed by atoms with Gasteiger partial charge in [0.25, 0.3) is 5.78 Å². The SMILES string of the molecule is O=C(O)C(=O)c1ccc(Br)cc1C(=O)O. The first-order valence-electron chi connectivity index (χ1n) is 3.74. The van der Waals surface area contributed by atoms with Gasteiger partial charge in [-0.15, -0.1) is 0 Å². The molecule has 0 amide bonds. The second-order valence-corrected chi connectivity index (χ2v) is 3.55. The predicted molar refractivity (Wildman–Crippen MR) is 53.1 cm³/mol. The number of Topliss-reactive ketones (excluding diaryl/α,β-unsaturated/α-hetero) is 1. The van der Waals surface area contributed by atoms with Crippen LogP contribution in [0.4, 0.5) is 0 Å². The topological polar surface area (TPSA) is 91.7 Å². The Morgan fingerprint density at radius 2 is 1.67 bits per heavy atom. The molecule has 0 saturated carbocycles. The van der Waals surface area contributed by atoms with Crippen LogP contribution in [0.2, 0.25) is 0 Å². The fourth-order valence-electron chi connectivity index (χ4n) is 1.01. The molecule has 0 bridgehead atoms. The van der Waals surface area contributed by atoms with Crippen molar-refractivity contribution >= 4 is 33.7 Å². The number of benzene rings is 1. The van der Waals surface area contributed by atoms with Crippen molar-refractivity contribution in [3.05, 3.63) is 33.8 Å². The zero-order valence-electron chi connectivity index (χ0n) is 7.23. The van der Waals surface area contributed by atoms with Crippen LogP contribution >= 0.6 is 15.9 Å². The summed E-state index contributed by atoms with van der Waals surface area (Å²) < 4.78 is 0.460. The zero-order chi connectivity index (χ0) is 11.6. The first-order valence-corrected chi connectivity index (χ1v) is 4.53. The molecule has 1 aromatic rings. The van der Waals surface area contributed by atoms with Crippen LogP contribution in [0.15, 0.2) is 22.7 Å². The molecular formula is C9H5BrO5. The van der Waals surface area contributed by atoms with E-state index in [-0.39, 0.29) is 11.1 Å². The number of carboxylic acid groups (broad SMARTS) is 2. The minimum Gasteiger partial charge on any atom is -0.478 e. The molecule has 6 heteroatoms. The molecule has 0 saturated heterocycles. The van der Waals surface area contributed by atoms with Crippen molar-refractivity contribution in [3.8, 4) is 0 Å².